The van der Waals surface area contributed by atoms with E-state index >= 15 is 0 Å². The third-order valence-corrected chi connectivity index (χ3v) is 5.15. The highest BCUT2D eigenvalue weighted by atomic mass is 32.2. The minimum Gasteiger partial charge on any atom is -0.477 e. The topological polar surface area (TPSA) is 109 Å². The third kappa shape index (κ3) is 3.28. The number of carbonyl (C=O) groups is 1. The zero-order chi connectivity index (χ0) is 15.8. The number of aromatic nitrogens is 1. The second kappa shape index (κ2) is 5.43. The highest BCUT2D eigenvalue weighted by molar-refractivity contribution is 7.89. The maximum Gasteiger partial charge on any atom is 0.352 e. The van der Waals surface area contributed by atoms with E-state index in [9.17, 15) is 18.3 Å². The largest absolute Gasteiger partial charge is 0.477 e. The van der Waals surface area contributed by atoms with Gasteiger partial charge in [0.25, 0.3) is 0 Å². The summed E-state index contributed by atoms with van der Waals surface area (Å²) < 4.78 is 28.2. The van der Waals surface area contributed by atoms with Crippen LogP contribution in [0.3, 0.4) is 0 Å². The summed E-state index contributed by atoms with van der Waals surface area (Å²) in [6.07, 6.45) is 3.33. The van der Waals surface area contributed by atoms with E-state index in [4.69, 9.17) is 5.11 Å². The lowest BCUT2D eigenvalue weighted by molar-refractivity contribution is -0.0270. The highest BCUT2D eigenvalue weighted by Crippen LogP contribution is 2.31. The molecule has 21 heavy (non-hydrogen) atoms. The monoisotopic (exact) mass is 316 g/mol. The number of aliphatic hydroxyl groups is 1. The summed E-state index contributed by atoms with van der Waals surface area (Å²) in [7, 11) is -3.83. The normalized spacial score (nSPS) is 17.7. The summed E-state index contributed by atoms with van der Waals surface area (Å²) in [6, 6.07) is 0.964. The molecule has 0 saturated heterocycles. The predicted octanol–water partition coefficient (Wildman–Crippen LogP) is 0.960. The Bertz CT molecular complexity index is 644. The van der Waals surface area contributed by atoms with E-state index in [1.807, 2.05) is 0 Å². The first kappa shape index (κ1) is 16.0. The zero-order valence-electron chi connectivity index (χ0n) is 12.0. The number of aromatic carboxylic acids is 1. The van der Waals surface area contributed by atoms with Crippen molar-refractivity contribution in [3.8, 4) is 0 Å². The van der Waals surface area contributed by atoms with Crippen LogP contribution in [0.5, 0.6) is 0 Å². The molecule has 7 nitrogen and oxygen atoms in total. The van der Waals surface area contributed by atoms with Crippen molar-refractivity contribution in [2.75, 3.05) is 6.54 Å². The van der Waals surface area contributed by atoms with E-state index in [1.165, 1.54) is 10.8 Å². The maximum atomic E-state index is 12.2. The van der Waals surface area contributed by atoms with Gasteiger partial charge in [0.2, 0.25) is 10.0 Å². The second-order valence-corrected chi connectivity index (χ2v) is 7.54. The van der Waals surface area contributed by atoms with Crippen molar-refractivity contribution in [1.29, 1.82) is 0 Å². The Morgan fingerprint density at radius 3 is 2.48 bits per heavy atom. The lowest BCUT2D eigenvalue weighted by Crippen LogP contribution is -2.47. The van der Waals surface area contributed by atoms with Gasteiger partial charge in [-0.1, -0.05) is 0 Å². The molecule has 0 aliphatic heterocycles. The van der Waals surface area contributed by atoms with Crippen LogP contribution in [0.1, 0.15) is 49.6 Å². The van der Waals surface area contributed by atoms with Crippen molar-refractivity contribution >= 4 is 16.0 Å². The Hall–Kier alpha value is -1.38. The molecule has 1 fully saturated rings. The fourth-order valence-corrected chi connectivity index (χ4v) is 3.42. The number of rotatable bonds is 6. The van der Waals surface area contributed by atoms with Crippen LogP contribution >= 0.6 is 0 Å². The Morgan fingerprint density at radius 2 is 2.10 bits per heavy atom. The Labute approximate surface area is 123 Å². The summed E-state index contributed by atoms with van der Waals surface area (Å²) in [5, 5.41) is 19.1. The molecule has 1 aromatic rings. The zero-order valence-corrected chi connectivity index (χ0v) is 12.9. The summed E-state index contributed by atoms with van der Waals surface area (Å²) >= 11 is 0. The van der Waals surface area contributed by atoms with Crippen LogP contribution in [0.25, 0.3) is 0 Å². The molecule has 0 radical (unpaired) electrons. The van der Waals surface area contributed by atoms with Crippen molar-refractivity contribution < 1.29 is 23.4 Å². The molecule has 1 saturated carbocycles. The molecule has 0 atom stereocenters. The molecule has 1 aliphatic rings. The van der Waals surface area contributed by atoms with Crippen LogP contribution < -0.4 is 4.72 Å². The standard InChI is InChI=1S/C13H20N2O5S/c1-9(2)15-7-10(6-11(15)12(16)17)21(19,20)14-8-13(18)4-3-5-13/h6-7,9,14,18H,3-5,8H2,1-2H3,(H,16,17). The Kier molecular flexibility index (Phi) is 4.14. The Balaban J connectivity index is 2.23. The van der Waals surface area contributed by atoms with E-state index in [2.05, 4.69) is 4.72 Å². The minimum atomic E-state index is -3.83. The first-order chi connectivity index (χ1) is 9.65. The lowest BCUT2D eigenvalue weighted by Gasteiger charge is -2.36. The summed E-state index contributed by atoms with van der Waals surface area (Å²) in [5.41, 5.74) is -1.05. The number of hydrogen-bond donors (Lipinski definition) is 3. The average molecular weight is 316 g/mol. The van der Waals surface area contributed by atoms with E-state index in [1.54, 1.807) is 13.8 Å². The second-order valence-electron chi connectivity index (χ2n) is 5.77. The molecule has 1 aromatic heterocycles. The first-order valence-electron chi connectivity index (χ1n) is 6.82. The van der Waals surface area contributed by atoms with E-state index in [0.29, 0.717) is 12.8 Å². The molecule has 1 aliphatic carbocycles. The van der Waals surface area contributed by atoms with E-state index in [0.717, 1.165) is 12.5 Å². The fraction of sp³-hybridized carbons (Fsp3) is 0.615. The van der Waals surface area contributed by atoms with Crippen LogP contribution in [0.15, 0.2) is 17.2 Å². The quantitative estimate of drug-likeness (QED) is 0.724. The number of nitrogens with one attached hydrogen (secondary N) is 1. The smallest absolute Gasteiger partial charge is 0.352 e. The van der Waals surface area contributed by atoms with Crippen molar-refractivity contribution in [1.82, 2.24) is 9.29 Å². The number of hydrogen-bond acceptors (Lipinski definition) is 4. The lowest BCUT2D eigenvalue weighted by atomic mass is 9.81. The number of nitrogens with zero attached hydrogens (tertiary/aromatic N) is 1. The Morgan fingerprint density at radius 1 is 1.48 bits per heavy atom. The van der Waals surface area contributed by atoms with Gasteiger partial charge in [0.1, 0.15) is 10.6 Å². The van der Waals surface area contributed by atoms with Gasteiger partial charge in [-0.3, -0.25) is 0 Å². The SMILES string of the molecule is CC(C)n1cc(S(=O)(=O)NCC2(O)CCC2)cc1C(=O)O. The van der Waals surface area contributed by atoms with Crippen molar-refractivity contribution in [2.45, 2.75) is 49.6 Å². The summed E-state index contributed by atoms with van der Waals surface area (Å²) in [6.45, 7) is 3.49. The fourth-order valence-electron chi connectivity index (χ4n) is 2.27. The first-order valence-corrected chi connectivity index (χ1v) is 8.30. The van der Waals surface area contributed by atoms with E-state index in [-0.39, 0.29) is 23.2 Å². The van der Waals surface area contributed by atoms with Gasteiger partial charge in [-0.05, 0) is 39.2 Å². The molecular formula is C13H20N2O5S. The van der Waals surface area contributed by atoms with Gasteiger partial charge in [0.05, 0.1) is 5.60 Å². The molecule has 8 heteroatoms. The van der Waals surface area contributed by atoms with Gasteiger partial charge in [-0.2, -0.15) is 0 Å². The molecule has 0 amide bonds. The molecule has 0 aromatic carbocycles. The molecular weight excluding hydrogens is 296 g/mol. The molecule has 0 unspecified atom stereocenters. The summed E-state index contributed by atoms with van der Waals surface area (Å²) in [5.74, 6) is -1.18. The number of carboxylic acids is 1. The van der Waals surface area contributed by atoms with Gasteiger partial charge in [-0.15, -0.1) is 0 Å². The molecule has 1 heterocycles. The predicted molar refractivity (Wildman–Crippen MR) is 75.8 cm³/mol. The van der Waals surface area contributed by atoms with E-state index < -0.39 is 21.6 Å². The van der Waals surface area contributed by atoms with Crippen molar-refractivity contribution in [3.63, 3.8) is 0 Å². The average Bonchev–Trinajstić information content (AvgIpc) is 2.80. The van der Waals surface area contributed by atoms with Gasteiger partial charge in [-0.25, -0.2) is 17.9 Å². The third-order valence-electron chi connectivity index (χ3n) is 3.78. The number of sulfonamides is 1. The highest BCUT2D eigenvalue weighted by Gasteiger charge is 2.35. The molecule has 0 bridgehead atoms. The van der Waals surface area contributed by atoms with Gasteiger partial charge >= 0.3 is 5.97 Å². The maximum absolute atomic E-state index is 12.2. The van der Waals surface area contributed by atoms with Gasteiger partial charge < -0.3 is 14.8 Å². The van der Waals surface area contributed by atoms with Crippen LogP contribution in [0.2, 0.25) is 0 Å². The number of carboxylic acid groups (broad SMARTS) is 1. The summed E-state index contributed by atoms with van der Waals surface area (Å²) in [4.78, 5) is 11.1. The van der Waals surface area contributed by atoms with Crippen LogP contribution in [-0.2, 0) is 10.0 Å². The van der Waals surface area contributed by atoms with Gasteiger partial charge in [0.15, 0.2) is 0 Å². The molecule has 0 spiro atoms. The van der Waals surface area contributed by atoms with Gasteiger partial charge in [0, 0.05) is 18.8 Å². The molecule has 3 N–H and O–H groups in total. The van der Waals surface area contributed by atoms with Crippen molar-refractivity contribution in [3.05, 3.63) is 18.0 Å². The molecule has 118 valence electrons. The molecule has 2 rings (SSSR count). The van der Waals surface area contributed by atoms with Crippen LogP contribution in [-0.4, -0.2) is 41.3 Å². The van der Waals surface area contributed by atoms with Crippen molar-refractivity contribution in [2.24, 2.45) is 0 Å². The minimum absolute atomic E-state index is 0.0510. The van der Waals surface area contributed by atoms with Crippen LogP contribution in [0, 0.1) is 0 Å². The van der Waals surface area contributed by atoms with Crippen LogP contribution in [0.4, 0.5) is 0 Å².